The molecule has 0 spiro atoms. The predicted octanol–water partition coefficient (Wildman–Crippen LogP) is -0.166. The molecule has 0 amide bonds. The van der Waals surface area contributed by atoms with E-state index in [0.717, 1.165) is 6.54 Å². The molecule has 0 aliphatic heterocycles. The van der Waals surface area contributed by atoms with Gasteiger partial charge in [-0.2, -0.15) is 0 Å². The van der Waals surface area contributed by atoms with Crippen LogP contribution in [-0.2, 0) is 0 Å². The Bertz CT molecular complexity index is 67.4. The van der Waals surface area contributed by atoms with Gasteiger partial charge >= 0.3 is 0 Å². The molecule has 1 radical (unpaired) electrons. The number of rotatable bonds is 4. The molecule has 0 bridgehead atoms. The molecular weight excluding hydrogens is 122 g/mol. The van der Waals surface area contributed by atoms with E-state index in [0.29, 0.717) is 6.54 Å². The fraction of sp³-hybridized carbons (Fsp3) is 0.800. The Kier molecular flexibility index (Phi) is 5.16. The van der Waals surface area contributed by atoms with Crippen molar-refractivity contribution in [3.05, 3.63) is 0 Å². The topological polar surface area (TPSA) is 32.3 Å². The Morgan fingerprint density at radius 2 is 2.50 bits per heavy atom. The summed E-state index contributed by atoms with van der Waals surface area (Å²) in [6, 6.07) is 0. The summed E-state index contributed by atoms with van der Waals surface area (Å²) < 4.78 is 0. The van der Waals surface area contributed by atoms with Crippen molar-refractivity contribution in [3.63, 3.8) is 0 Å². The molecule has 0 rings (SSSR count). The van der Waals surface area contributed by atoms with Gasteiger partial charge in [0.25, 0.3) is 0 Å². The van der Waals surface area contributed by atoms with E-state index in [1.807, 2.05) is 6.92 Å². The first-order valence-electron chi connectivity index (χ1n) is 2.57. The number of aliphatic hydroxyl groups excluding tert-OH is 1. The van der Waals surface area contributed by atoms with Gasteiger partial charge in [0.2, 0.25) is 0 Å². The fourth-order valence-electron chi connectivity index (χ4n) is 0.323. The molecule has 0 aromatic rings. The molecule has 8 heavy (non-hydrogen) atoms. The van der Waals surface area contributed by atoms with Gasteiger partial charge < -0.3 is 10.4 Å². The Morgan fingerprint density at radius 1 is 1.88 bits per heavy atom. The van der Waals surface area contributed by atoms with Crippen LogP contribution in [0, 0.1) is 0 Å². The van der Waals surface area contributed by atoms with Crippen molar-refractivity contribution in [2.45, 2.75) is 13.0 Å². The van der Waals surface area contributed by atoms with Crippen molar-refractivity contribution in [2.24, 2.45) is 0 Å². The minimum Gasteiger partial charge on any atom is -0.386 e. The van der Waals surface area contributed by atoms with Gasteiger partial charge in [0.15, 0.2) is 0 Å². The maximum Gasteiger partial charge on any atom is 0.103 e. The van der Waals surface area contributed by atoms with E-state index in [-0.39, 0.29) is 0 Å². The van der Waals surface area contributed by atoms with Crippen LogP contribution in [0.1, 0.15) is 6.92 Å². The second-order valence-corrected chi connectivity index (χ2v) is 1.68. The standard InChI is InChI=1S/C5H10NOS/c1-2-6-3-5(7)4-8/h5-7H,2-3H2,1H3. The minimum absolute atomic E-state index is 0.514. The zero-order valence-electron chi connectivity index (χ0n) is 4.85. The first-order valence-corrected chi connectivity index (χ1v) is 2.98. The van der Waals surface area contributed by atoms with Crippen LogP contribution in [0.15, 0.2) is 0 Å². The van der Waals surface area contributed by atoms with Gasteiger partial charge in [0.1, 0.15) is 6.10 Å². The van der Waals surface area contributed by atoms with E-state index in [2.05, 4.69) is 22.9 Å². The fourth-order valence-corrected chi connectivity index (χ4v) is 0.406. The Labute approximate surface area is 54.9 Å². The number of thiocarbonyl (C=S) groups is 1. The molecule has 0 fully saturated rings. The van der Waals surface area contributed by atoms with Crippen LogP contribution >= 0.6 is 12.2 Å². The van der Waals surface area contributed by atoms with Crippen molar-refractivity contribution in [1.82, 2.24) is 5.32 Å². The molecule has 0 heterocycles. The van der Waals surface area contributed by atoms with Gasteiger partial charge in [0.05, 0.1) is 5.37 Å². The van der Waals surface area contributed by atoms with E-state index in [4.69, 9.17) is 5.11 Å². The molecule has 1 unspecified atom stereocenters. The van der Waals surface area contributed by atoms with Crippen molar-refractivity contribution < 1.29 is 5.11 Å². The van der Waals surface area contributed by atoms with Crippen molar-refractivity contribution in [2.75, 3.05) is 13.1 Å². The lowest BCUT2D eigenvalue weighted by Gasteiger charge is -2.01. The van der Waals surface area contributed by atoms with Crippen LogP contribution in [0.2, 0.25) is 0 Å². The Balaban J connectivity index is 2.98. The summed E-state index contributed by atoms with van der Waals surface area (Å²) in [5.74, 6) is 0. The molecule has 3 heteroatoms. The lowest BCUT2D eigenvalue weighted by molar-refractivity contribution is 0.244. The number of hydrogen-bond acceptors (Lipinski definition) is 3. The maximum absolute atomic E-state index is 8.71. The predicted molar refractivity (Wildman–Crippen MR) is 37.1 cm³/mol. The Morgan fingerprint density at radius 3 is 2.88 bits per heavy atom. The van der Waals surface area contributed by atoms with Crippen LogP contribution in [0.4, 0.5) is 0 Å². The van der Waals surface area contributed by atoms with Crippen molar-refractivity contribution >= 4 is 17.6 Å². The van der Waals surface area contributed by atoms with E-state index in [1.165, 1.54) is 0 Å². The summed E-state index contributed by atoms with van der Waals surface area (Å²) in [5, 5.41) is 13.9. The van der Waals surface area contributed by atoms with Gasteiger partial charge in [-0.15, -0.1) is 0 Å². The van der Waals surface area contributed by atoms with Gasteiger partial charge in [-0.25, -0.2) is 0 Å². The summed E-state index contributed by atoms with van der Waals surface area (Å²) in [5.41, 5.74) is 0. The highest BCUT2D eigenvalue weighted by atomic mass is 32.1. The molecule has 0 aliphatic rings. The lowest BCUT2D eigenvalue weighted by Crippen LogP contribution is -2.26. The minimum atomic E-state index is -0.593. The monoisotopic (exact) mass is 132 g/mol. The van der Waals surface area contributed by atoms with Gasteiger partial charge in [0, 0.05) is 6.54 Å². The van der Waals surface area contributed by atoms with Gasteiger partial charge in [-0.1, -0.05) is 19.1 Å². The average molecular weight is 132 g/mol. The molecule has 0 aliphatic carbocycles. The molecular formula is C5H10NOS. The summed E-state index contributed by atoms with van der Waals surface area (Å²) in [6.07, 6.45) is -0.593. The number of hydrogen-bond donors (Lipinski definition) is 2. The highest BCUT2D eigenvalue weighted by Crippen LogP contribution is 1.72. The number of nitrogens with one attached hydrogen (secondary N) is 1. The molecule has 0 aromatic carbocycles. The van der Waals surface area contributed by atoms with Crippen molar-refractivity contribution in [3.8, 4) is 0 Å². The first kappa shape index (κ1) is 8.01. The summed E-state index contributed by atoms with van der Waals surface area (Å²) >= 11 is 4.35. The number of likely N-dealkylation sites (N-methyl/N-ethyl adjacent to an activating group) is 1. The van der Waals surface area contributed by atoms with Gasteiger partial charge in [-0.3, -0.25) is 0 Å². The average Bonchev–Trinajstić information content (AvgIpc) is 1.83. The Hall–Kier alpha value is 0.01000. The molecule has 0 saturated carbocycles. The normalized spacial score (nSPS) is 13.2. The zero-order chi connectivity index (χ0) is 6.41. The smallest absolute Gasteiger partial charge is 0.103 e. The molecule has 0 saturated heterocycles. The highest BCUT2D eigenvalue weighted by Gasteiger charge is 1.94. The highest BCUT2D eigenvalue weighted by molar-refractivity contribution is 7.79. The summed E-state index contributed by atoms with van der Waals surface area (Å²) in [7, 11) is 0. The third-order valence-corrected chi connectivity index (χ3v) is 0.996. The molecule has 47 valence electrons. The molecule has 2 nitrogen and oxygen atoms in total. The van der Waals surface area contributed by atoms with Crippen LogP contribution in [-0.4, -0.2) is 29.7 Å². The lowest BCUT2D eigenvalue weighted by atomic mass is 10.4. The molecule has 0 aromatic heterocycles. The SMILES string of the molecule is CCNCC(O)[C]=S. The quantitative estimate of drug-likeness (QED) is 0.521. The molecule has 1 atom stereocenters. The zero-order valence-corrected chi connectivity index (χ0v) is 5.66. The van der Waals surface area contributed by atoms with E-state index < -0.39 is 6.10 Å². The third kappa shape index (κ3) is 4.18. The van der Waals surface area contributed by atoms with Crippen LogP contribution < -0.4 is 5.32 Å². The molecule has 2 N–H and O–H groups in total. The summed E-state index contributed by atoms with van der Waals surface area (Å²) in [4.78, 5) is 0. The van der Waals surface area contributed by atoms with Crippen LogP contribution in [0.5, 0.6) is 0 Å². The van der Waals surface area contributed by atoms with Crippen LogP contribution in [0.25, 0.3) is 0 Å². The van der Waals surface area contributed by atoms with Crippen LogP contribution in [0.3, 0.4) is 0 Å². The second-order valence-electron chi connectivity index (χ2n) is 1.44. The van der Waals surface area contributed by atoms with Gasteiger partial charge in [-0.05, 0) is 6.54 Å². The van der Waals surface area contributed by atoms with Crippen molar-refractivity contribution in [1.29, 1.82) is 0 Å². The third-order valence-electron chi connectivity index (χ3n) is 0.724. The number of aliphatic hydroxyl groups is 1. The van der Waals surface area contributed by atoms with E-state index >= 15 is 0 Å². The van der Waals surface area contributed by atoms with E-state index in [9.17, 15) is 0 Å². The van der Waals surface area contributed by atoms with E-state index in [1.54, 1.807) is 0 Å². The maximum atomic E-state index is 8.71. The largest absolute Gasteiger partial charge is 0.386 e. The first-order chi connectivity index (χ1) is 3.81. The second kappa shape index (κ2) is 5.15. The summed E-state index contributed by atoms with van der Waals surface area (Å²) in [6.45, 7) is 3.34.